The number of Topliss-reactive ketones (excluding diaryl/α,β-unsaturated/α-hetero) is 1. The van der Waals surface area contributed by atoms with Crippen molar-refractivity contribution in [3.8, 4) is 0 Å². The summed E-state index contributed by atoms with van der Waals surface area (Å²) >= 11 is 0. The monoisotopic (exact) mass is 317 g/mol. The summed E-state index contributed by atoms with van der Waals surface area (Å²) in [6, 6.07) is 9.22. The molecular formula is C19H27NO3. The van der Waals surface area contributed by atoms with Gasteiger partial charge in [-0.15, -0.1) is 0 Å². The smallest absolute Gasteiger partial charge is 0.410 e. The lowest BCUT2D eigenvalue weighted by atomic mass is 10.00. The lowest BCUT2D eigenvalue weighted by Gasteiger charge is -2.32. The molecule has 0 bridgehead atoms. The molecule has 1 unspecified atom stereocenters. The molecule has 1 heterocycles. The van der Waals surface area contributed by atoms with Crippen LogP contribution in [0.2, 0.25) is 0 Å². The predicted octanol–water partition coefficient (Wildman–Crippen LogP) is 4.44. The Kier molecular flexibility index (Phi) is 5.80. The third-order valence-electron chi connectivity index (χ3n) is 4.02. The van der Waals surface area contributed by atoms with E-state index in [4.69, 9.17) is 4.74 Å². The van der Waals surface area contributed by atoms with Crippen LogP contribution in [0.4, 0.5) is 4.79 Å². The fourth-order valence-electron chi connectivity index (χ4n) is 2.91. The number of nitrogens with zero attached hydrogens (tertiary/aromatic N) is 1. The Labute approximate surface area is 138 Å². The van der Waals surface area contributed by atoms with Gasteiger partial charge in [0.2, 0.25) is 0 Å². The van der Waals surface area contributed by atoms with E-state index in [1.165, 1.54) is 0 Å². The molecule has 0 radical (unpaired) electrons. The number of benzene rings is 1. The van der Waals surface area contributed by atoms with Crippen molar-refractivity contribution in [2.75, 3.05) is 6.54 Å². The number of amides is 1. The van der Waals surface area contributed by atoms with Crippen molar-refractivity contribution in [3.63, 3.8) is 0 Å². The van der Waals surface area contributed by atoms with Gasteiger partial charge in [0.05, 0.1) is 0 Å². The van der Waals surface area contributed by atoms with Gasteiger partial charge in [-0.1, -0.05) is 43.2 Å². The number of ether oxygens (including phenoxy) is 1. The highest BCUT2D eigenvalue weighted by atomic mass is 16.6. The van der Waals surface area contributed by atoms with Crippen LogP contribution in [0.3, 0.4) is 0 Å². The highest BCUT2D eigenvalue weighted by molar-refractivity contribution is 5.96. The van der Waals surface area contributed by atoms with E-state index in [2.05, 4.69) is 0 Å². The maximum Gasteiger partial charge on any atom is 0.410 e. The summed E-state index contributed by atoms with van der Waals surface area (Å²) in [5.74, 6) is 0.0889. The SMILES string of the molecule is CC(C)(C)OC(=O)N1CCCCCC1CC(=O)c1ccccc1. The first-order chi connectivity index (χ1) is 10.9. The first kappa shape index (κ1) is 17.5. The Bertz CT molecular complexity index is 533. The largest absolute Gasteiger partial charge is 0.444 e. The topological polar surface area (TPSA) is 46.6 Å². The molecule has 0 aliphatic carbocycles. The molecule has 0 aromatic heterocycles. The first-order valence-corrected chi connectivity index (χ1v) is 8.45. The van der Waals surface area contributed by atoms with Crippen LogP contribution in [0.1, 0.15) is 63.2 Å². The molecule has 1 fully saturated rings. The van der Waals surface area contributed by atoms with Crippen molar-refractivity contribution in [2.45, 2.75) is 64.5 Å². The normalized spacial score (nSPS) is 19.1. The van der Waals surface area contributed by atoms with Crippen LogP contribution in [0.25, 0.3) is 0 Å². The van der Waals surface area contributed by atoms with Crippen molar-refractivity contribution in [1.82, 2.24) is 4.90 Å². The molecule has 1 aromatic carbocycles. The highest BCUT2D eigenvalue weighted by Crippen LogP contribution is 2.23. The second-order valence-electron chi connectivity index (χ2n) is 7.17. The van der Waals surface area contributed by atoms with Gasteiger partial charge >= 0.3 is 6.09 Å². The number of ketones is 1. The second kappa shape index (κ2) is 7.62. The lowest BCUT2D eigenvalue weighted by Crippen LogP contribution is -2.44. The van der Waals surface area contributed by atoms with E-state index >= 15 is 0 Å². The van der Waals surface area contributed by atoms with Crippen LogP contribution < -0.4 is 0 Å². The number of likely N-dealkylation sites (tertiary alicyclic amines) is 1. The molecule has 1 amide bonds. The van der Waals surface area contributed by atoms with E-state index in [9.17, 15) is 9.59 Å². The molecule has 1 aliphatic heterocycles. The standard InChI is InChI=1S/C19H27NO3/c1-19(2,3)23-18(22)20-13-9-5-8-12-16(20)14-17(21)15-10-6-4-7-11-15/h4,6-7,10-11,16H,5,8-9,12-14H2,1-3H3. The van der Waals surface area contributed by atoms with E-state index in [1.807, 2.05) is 51.1 Å². The zero-order valence-electron chi connectivity index (χ0n) is 14.4. The van der Waals surface area contributed by atoms with Gasteiger partial charge in [0.1, 0.15) is 5.60 Å². The average molecular weight is 317 g/mol. The maximum absolute atomic E-state index is 12.5. The summed E-state index contributed by atoms with van der Waals surface area (Å²) in [6.45, 7) is 6.27. The van der Waals surface area contributed by atoms with Crippen LogP contribution in [-0.4, -0.2) is 35.0 Å². The third kappa shape index (κ3) is 5.38. The Hall–Kier alpha value is -1.84. The van der Waals surface area contributed by atoms with Gasteiger partial charge in [0.25, 0.3) is 0 Å². The fraction of sp³-hybridized carbons (Fsp3) is 0.579. The molecule has 126 valence electrons. The van der Waals surface area contributed by atoms with Gasteiger partial charge in [-0.2, -0.15) is 0 Å². The number of hydrogen-bond donors (Lipinski definition) is 0. The van der Waals surface area contributed by atoms with Crippen molar-refractivity contribution in [3.05, 3.63) is 35.9 Å². The molecule has 2 rings (SSSR count). The number of carbonyl (C=O) groups is 2. The van der Waals surface area contributed by atoms with Gasteiger partial charge in [-0.25, -0.2) is 4.79 Å². The number of hydrogen-bond acceptors (Lipinski definition) is 3. The minimum absolute atomic E-state index is 0.0694. The second-order valence-corrected chi connectivity index (χ2v) is 7.17. The molecule has 1 aromatic rings. The molecule has 1 aliphatic rings. The highest BCUT2D eigenvalue weighted by Gasteiger charge is 2.30. The van der Waals surface area contributed by atoms with Crippen LogP contribution >= 0.6 is 0 Å². The molecule has 23 heavy (non-hydrogen) atoms. The third-order valence-corrected chi connectivity index (χ3v) is 4.02. The van der Waals surface area contributed by atoms with Crippen LogP contribution in [0.15, 0.2) is 30.3 Å². The first-order valence-electron chi connectivity index (χ1n) is 8.45. The Morgan fingerprint density at radius 3 is 2.48 bits per heavy atom. The van der Waals surface area contributed by atoms with Crippen molar-refractivity contribution < 1.29 is 14.3 Å². The van der Waals surface area contributed by atoms with E-state index < -0.39 is 5.60 Å². The summed E-state index contributed by atoms with van der Waals surface area (Å²) in [4.78, 5) is 26.8. The summed E-state index contributed by atoms with van der Waals surface area (Å²) in [5.41, 5.74) is 0.193. The molecule has 0 N–H and O–H groups in total. The molecule has 1 saturated heterocycles. The summed E-state index contributed by atoms with van der Waals surface area (Å²) in [7, 11) is 0. The van der Waals surface area contributed by atoms with E-state index in [-0.39, 0.29) is 17.9 Å². The van der Waals surface area contributed by atoms with Crippen molar-refractivity contribution in [2.24, 2.45) is 0 Å². The van der Waals surface area contributed by atoms with Crippen LogP contribution in [0, 0.1) is 0 Å². The van der Waals surface area contributed by atoms with Gasteiger partial charge in [-0.3, -0.25) is 4.79 Å². The van der Waals surface area contributed by atoms with E-state index in [0.717, 1.165) is 25.7 Å². The minimum atomic E-state index is -0.516. The number of carbonyl (C=O) groups excluding carboxylic acids is 2. The summed E-state index contributed by atoms with van der Waals surface area (Å²) < 4.78 is 5.53. The Morgan fingerprint density at radius 2 is 1.83 bits per heavy atom. The average Bonchev–Trinajstić information content (AvgIpc) is 2.72. The van der Waals surface area contributed by atoms with Crippen LogP contribution in [-0.2, 0) is 4.74 Å². The summed E-state index contributed by atoms with van der Waals surface area (Å²) in [6.07, 6.45) is 4.03. The number of rotatable bonds is 3. The lowest BCUT2D eigenvalue weighted by molar-refractivity contribution is 0.0162. The molecule has 0 spiro atoms. The maximum atomic E-state index is 12.5. The molecule has 4 heteroatoms. The predicted molar refractivity (Wildman–Crippen MR) is 90.6 cm³/mol. The van der Waals surface area contributed by atoms with Crippen molar-refractivity contribution >= 4 is 11.9 Å². The molecule has 1 atom stereocenters. The van der Waals surface area contributed by atoms with E-state index in [1.54, 1.807) is 4.90 Å². The van der Waals surface area contributed by atoms with E-state index in [0.29, 0.717) is 18.5 Å². The van der Waals surface area contributed by atoms with Crippen molar-refractivity contribution in [1.29, 1.82) is 0 Å². The van der Waals surface area contributed by atoms with Gasteiger partial charge in [0, 0.05) is 24.6 Å². The van der Waals surface area contributed by atoms with Gasteiger partial charge in [-0.05, 0) is 33.6 Å². The Morgan fingerprint density at radius 1 is 1.13 bits per heavy atom. The quantitative estimate of drug-likeness (QED) is 0.774. The summed E-state index contributed by atoms with van der Waals surface area (Å²) in [5, 5.41) is 0. The minimum Gasteiger partial charge on any atom is -0.444 e. The van der Waals surface area contributed by atoms with Gasteiger partial charge < -0.3 is 9.64 Å². The van der Waals surface area contributed by atoms with Gasteiger partial charge in [0.15, 0.2) is 5.78 Å². The molecular weight excluding hydrogens is 290 g/mol. The zero-order chi connectivity index (χ0) is 16.9. The molecule has 0 saturated carbocycles. The molecule has 4 nitrogen and oxygen atoms in total. The Balaban J connectivity index is 2.09. The zero-order valence-corrected chi connectivity index (χ0v) is 14.4. The fourth-order valence-corrected chi connectivity index (χ4v) is 2.91. The van der Waals surface area contributed by atoms with Crippen LogP contribution in [0.5, 0.6) is 0 Å².